The zero-order valence-electron chi connectivity index (χ0n) is 23.4. The number of benzene rings is 2. The summed E-state index contributed by atoms with van der Waals surface area (Å²) in [4.78, 5) is 23.0. The molecule has 2 aliphatic rings. The molecule has 3 atom stereocenters. The van der Waals surface area contributed by atoms with Gasteiger partial charge < -0.3 is 35.0 Å². The molecule has 0 spiro atoms. The lowest BCUT2D eigenvalue weighted by Crippen LogP contribution is -2.40. The molecule has 2 fully saturated rings. The highest BCUT2D eigenvalue weighted by atomic mass is 16.5. The zero-order chi connectivity index (χ0) is 28.8. The van der Waals surface area contributed by atoms with Crippen LogP contribution in [-0.2, 0) is 9.53 Å². The van der Waals surface area contributed by atoms with Crippen LogP contribution < -0.4 is 30.3 Å². The van der Waals surface area contributed by atoms with Crippen molar-refractivity contribution in [3.05, 3.63) is 61.3 Å². The third-order valence-electron chi connectivity index (χ3n) is 7.14. The maximum Gasteiger partial charge on any atom is 0.267 e. The summed E-state index contributed by atoms with van der Waals surface area (Å²) in [6.07, 6.45) is 4.87. The summed E-state index contributed by atoms with van der Waals surface area (Å²) in [6, 6.07) is 13.7. The van der Waals surface area contributed by atoms with Gasteiger partial charge in [0.1, 0.15) is 11.5 Å². The van der Waals surface area contributed by atoms with Gasteiger partial charge >= 0.3 is 0 Å². The van der Waals surface area contributed by atoms with E-state index in [0.29, 0.717) is 46.7 Å². The number of nitrogens with zero attached hydrogens (tertiary/aromatic N) is 4. The van der Waals surface area contributed by atoms with E-state index in [0.717, 1.165) is 38.3 Å². The molecule has 3 heterocycles. The molecular weight excluding hydrogens is 526 g/mol. The fraction of sp³-hybridized carbons (Fsp3) is 0.345. The molecule has 12 heteroatoms. The van der Waals surface area contributed by atoms with Crippen molar-refractivity contribution >= 4 is 28.9 Å². The monoisotopic (exact) mass is 561 g/mol. The maximum atomic E-state index is 11.7. The van der Waals surface area contributed by atoms with E-state index >= 15 is 0 Å². The Hall–Kier alpha value is -4.39. The molecular formula is C29H35N7O5. The molecule has 0 aliphatic carbocycles. The van der Waals surface area contributed by atoms with E-state index in [-0.39, 0.29) is 11.8 Å². The van der Waals surface area contributed by atoms with Crippen LogP contribution in [0.5, 0.6) is 23.1 Å². The van der Waals surface area contributed by atoms with Crippen LogP contribution in [0.25, 0.3) is 0 Å². The van der Waals surface area contributed by atoms with Gasteiger partial charge in [-0.3, -0.25) is 9.69 Å². The first kappa shape index (κ1) is 28.1. The highest BCUT2D eigenvalue weighted by Crippen LogP contribution is 2.36. The van der Waals surface area contributed by atoms with E-state index in [9.17, 15) is 4.79 Å². The summed E-state index contributed by atoms with van der Waals surface area (Å²) in [7, 11) is 4.88. The number of carbonyl (C=O) groups is 1. The number of ether oxygens (including phenoxy) is 4. The number of hydrogen-bond donors (Lipinski definition) is 3. The molecule has 5 rings (SSSR count). The number of nitrogens with one attached hydrogen (secondary N) is 3. The van der Waals surface area contributed by atoms with E-state index < -0.39 is 0 Å². The van der Waals surface area contributed by atoms with E-state index in [2.05, 4.69) is 42.5 Å². The Morgan fingerprint density at radius 3 is 2.76 bits per heavy atom. The van der Waals surface area contributed by atoms with Crippen LogP contribution in [0.2, 0.25) is 0 Å². The molecule has 12 nitrogen and oxygen atoms in total. The fourth-order valence-electron chi connectivity index (χ4n) is 5.19. The Morgan fingerprint density at radius 2 is 1.98 bits per heavy atom. The lowest BCUT2D eigenvalue weighted by atomic mass is 10.1. The highest BCUT2D eigenvalue weighted by molar-refractivity contribution is 5.98. The Balaban J connectivity index is 1.29. The van der Waals surface area contributed by atoms with Crippen LogP contribution in [0, 0.1) is 0 Å². The molecule has 216 valence electrons. The maximum absolute atomic E-state index is 11.7. The van der Waals surface area contributed by atoms with Gasteiger partial charge in [-0.15, -0.1) is 0 Å². The summed E-state index contributed by atoms with van der Waals surface area (Å²) < 4.78 is 22.4. The predicted molar refractivity (Wildman–Crippen MR) is 156 cm³/mol. The van der Waals surface area contributed by atoms with Gasteiger partial charge in [0.15, 0.2) is 5.75 Å². The van der Waals surface area contributed by atoms with Crippen molar-refractivity contribution in [3.63, 3.8) is 0 Å². The van der Waals surface area contributed by atoms with Gasteiger partial charge in [0.25, 0.3) is 5.88 Å². The van der Waals surface area contributed by atoms with Crippen molar-refractivity contribution in [2.45, 2.75) is 24.9 Å². The van der Waals surface area contributed by atoms with E-state index in [1.54, 1.807) is 38.5 Å². The smallest absolute Gasteiger partial charge is 0.267 e. The summed E-state index contributed by atoms with van der Waals surface area (Å²) in [5.74, 6) is 1.61. The number of anilines is 4. The molecule has 41 heavy (non-hydrogen) atoms. The minimum atomic E-state index is -0.319. The first-order valence-electron chi connectivity index (χ1n) is 13.3. The second-order valence-electron chi connectivity index (χ2n) is 9.67. The van der Waals surface area contributed by atoms with Crippen molar-refractivity contribution < 1.29 is 23.7 Å². The van der Waals surface area contributed by atoms with Crippen molar-refractivity contribution in [1.29, 1.82) is 0 Å². The quantitative estimate of drug-likeness (QED) is 0.260. The number of hydrazine groups is 1. The number of amides is 1. The Morgan fingerprint density at radius 1 is 1.12 bits per heavy atom. The van der Waals surface area contributed by atoms with Gasteiger partial charge in [-0.25, -0.2) is 9.99 Å². The average Bonchev–Trinajstić information content (AvgIpc) is 3.53. The van der Waals surface area contributed by atoms with E-state index in [1.807, 2.05) is 18.2 Å². The van der Waals surface area contributed by atoms with Crippen molar-refractivity contribution in [2.24, 2.45) is 0 Å². The summed E-state index contributed by atoms with van der Waals surface area (Å²) in [5.41, 5.74) is 5.73. The van der Waals surface area contributed by atoms with Gasteiger partial charge in [-0.05, 0) is 43.2 Å². The van der Waals surface area contributed by atoms with Crippen LogP contribution in [0.3, 0.4) is 0 Å². The number of rotatable bonds is 13. The summed E-state index contributed by atoms with van der Waals surface area (Å²) in [6.45, 7) is 6.22. The highest BCUT2D eigenvalue weighted by Gasteiger charge is 2.44. The van der Waals surface area contributed by atoms with Crippen molar-refractivity contribution in [1.82, 2.24) is 19.9 Å². The number of aromatic nitrogens is 2. The minimum absolute atomic E-state index is 0.205. The third-order valence-corrected chi connectivity index (χ3v) is 7.14. The topological polar surface area (TPSA) is 122 Å². The molecule has 2 saturated heterocycles. The summed E-state index contributed by atoms with van der Waals surface area (Å²) in [5, 5.41) is 8.21. The average molecular weight is 562 g/mol. The molecule has 2 aliphatic heterocycles. The van der Waals surface area contributed by atoms with Gasteiger partial charge in [0.05, 0.1) is 38.5 Å². The minimum Gasteiger partial charge on any atom is -0.494 e. The molecule has 1 aromatic heterocycles. The normalized spacial score (nSPS) is 19.4. The zero-order valence-corrected chi connectivity index (χ0v) is 23.4. The molecule has 2 bridgehead atoms. The largest absolute Gasteiger partial charge is 0.494 e. The first-order valence-corrected chi connectivity index (χ1v) is 13.3. The van der Waals surface area contributed by atoms with Crippen LogP contribution in [0.15, 0.2) is 61.3 Å². The third kappa shape index (κ3) is 6.51. The molecule has 3 N–H and O–H groups in total. The van der Waals surface area contributed by atoms with Crippen LogP contribution in [-0.4, -0.2) is 79.0 Å². The van der Waals surface area contributed by atoms with Gasteiger partial charge in [0.2, 0.25) is 11.9 Å². The Bertz CT molecular complexity index is 1390. The molecule has 0 saturated carbocycles. The summed E-state index contributed by atoms with van der Waals surface area (Å²) >= 11 is 0. The number of carbonyl (C=O) groups excluding carboxylic acids is 1. The second kappa shape index (κ2) is 12.9. The van der Waals surface area contributed by atoms with Gasteiger partial charge in [0, 0.05) is 50.2 Å². The fourth-order valence-corrected chi connectivity index (χ4v) is 5.19. The first-order chi connectivity index (χ1) is 20.0. The molecule has 3 aromatic rings. The van der Waals surface area contributed by atoms with Crippen LogP contribution in [0.4, 0.5) is 23.0 Å². The van der Waals surface area contributed by atoms with Crippen LogP contribution in [0.1, 0.15) is 12.8 Å². The molecule has 1 amide bonds. The molecule has 2 aromatic carbocycles. The van der Waals surface area contributed by atoms with Crippen molar-refractivity contribution in [2.75, 3.05) is 57.2 Å². The Labute approximate surface area is 239 Å². The number of methoxy groups -OCH3 is 3. The van der Waals surface area contributed by atoms with E-state index in [1.165, 1.54) is 19.4 Å². The lowest BCUT2D eigenvalue weighted by Gasteiger charge is -2.28. The lowest BCUT2D eigenvalue weighted by molar-refractivity contribution is -0.111. The SMILES string of the molecule is C=CC(=O)Nc1cccc(Oc2nc(Nc3ccc(NN4CN5CC[C@H]4[C@@H]5CCOC)cc3OC)ncc2OC)c1. The number of fused-ring (bicyclic) bond motifs is 2. The van der Waals surface area contributed by atoms with Gasteiger partial charge in [-0.1, -0.05) is 12.6 Å². The number of hydrogen-bond acceptors (Lipinski definition) is 11. The molecule has 1 unspecified atom stereocenters. The molecule has 0 radical (unpaired) electrons. The predicted octanol–water partition coefficient (Wildman–Crippen LogP) is 4.23. The van der Waals surface area contributed by atoms with Crippen LogP contribution >= 0.6 is 0 Å². The van der Waals surface area contributed by atoms with E-state index in [4.69, 9.17) is 18.9 Å². The van der Waals surface area contributed by atoms with Gasteiger partial charge in [-0.2, -0.15) is 4.98 Å². The second-order valence-corrected chi connectivity index (χ2v) is 9.67. The standard InChI is InChI=1S/C29H35N7O5/c1-5-27(37)31-19-7-6-8-21(15-19)41-28-26(40-4)17-30-29(33-28)32-22-10-9-20(16-25(22)39-3)34-36-18-35-13-11-24(36)23(35)12-14-38-2/h5-10,15-17,23-24,34H,1,11-14,18H2,2-4H3,(H,31,37)(H,30,32,33)/t23-,24-/m0/s1. The Kier molecular flexibility index (Phi) is 8.82. The van der Waals surface area contributed by atoms with Crippen molar-refractivity contribution in [3.8, 4) is 23.1 Å².